The highest BCUT2D eigenvalue weighted by molar-refractivity contribution is 5.60. The lowest BCUT2D eigenvalue weighted by atomic mass is 9.71. The molecule has 0 aromatic carbocycles. The molecule has 1 heterocycles. The van der Waals surface area contributed by atoms with E-state index in [0.717, 1.165) is 32.5 Å². The average molecular weight is 269 g/mol. The summed E-state index contributed by atoms with van der Waals surface area (Å²) in [6.07, 6.45) is 5.98. The van der Waals surface area contributed by atoms with Gasteiger partial charge in [0, 0.05) is 39.3 Å². The maximum Gasteiger partial charge on any atom is 0.127 e. The lowest BCUT2D eigenvalue weighted by molar-refractivity contribution is -0.120. The molecular formula is C15H27NO3. The average Bonchev–Trinajstić information content (AvgIpc) is 2.80. The second kappa shape index (κ2) is 6.33. The Kier molecular flexibility index (Phi) is 4.98. The molecule has 0 aromatic heterocycles. The molecular weight excluding hydrogens is 242 g/mol. The third-order valence-electron chi connectivity index (χ3n) is 4.81. The lowest BCUT2D eigenvalue weighted by Gasteiger charge is -2.38. The van der Waals surface area contributed by atoms with Crippen LogP contribution >= 0.6 is 0 Å². The minimum Gasteiger partial charge on any atom is -0.377 e. The van der Waals surface area contributed by atoms with Crippen molar-refractivity contribution in [2.75, 3.05) is 33.9 Å². The van der Waals surface area contributed by atoms with Gasteiger partial charge in [-0.15, -0.1) is 0 Å². The second-order valence-corrected chi connectivity index (χ2v) is 6.42. The minimum atomic E-state index is -0.140. The topological polar surface area (TPSA) is 38.8 Å². The zero-order valence-electron chi connectivity index (χ0n) is 12.4. The molecule has 2 rings (SSSR count). The zero-order valence-corrected chi connectivity index (χ0v) is 12.4. The monoisotopic (exact) mass is 269 g/mol. The largest absolute Gasteiger partial charge is 0.377 e. The van der Waals surface area contributed by atoms with Gasteiger partial charge < -0.3 is 14.3 Å². The van der Waals surface area contributed by atoms with E-state index < -0.39 is 0 Å². The molecule has 1 aliphatic carbocycles. The quantitative estimate of drug-likeness (QED) is 0.713. The number of ether oxygens (including phenoxy) is 2. The summed E-state index contributed by atoms with van der Waals surface area (Å²) in [5.41, 5.74) is -0.140. The Morgan fingerprint density at radius 3 is 2.37 bits per heavy atom. The van der Waals surface area contributed by atoms with Gasteiger partial charge in [-0.25, -0.2) is 0 Å². The Morgan fingerprint density at radius 1 is 1.26 bits per heavy atom. The van der Waals surface area contributed by atoms with E-state index in [1.807, 2.05) is 0 Å². The molecule has 0 radical (unpaired) electrons. The molecule has 2 aliphatic rings. The number of methoxy groups -OCH3 is 2. The van der Waals surface area contributed by atoms with Crippen molar-refractivity contribution in [1.29, 1.82) is 0 Å². The van der Waals surface area contributed by atoms with Crippen molar-refractivity contribution in [1.82, 2.24) is 4.90 Å². The maximum atomic E-state index is 11.6. The first-order valence-corrected chi connectivity index (χ1v) is 7.37. The predicted octanol–water partition coefficient (Wildman–Crippen LogP) is 1.73. The fourth-order valence-electron chi connectivity index (χ4n) is 3.83. The second-order valence-electron chi connectivity index (χ2n) is 6.42. The molecule has 0 N–H and O–H groups in total. The van der Waals surface area contributed by atoms with Crippen LogP contribution in [0.4, 0.5) is 0 Å². The summed E-state index contributed by atoms with van der Waals surface area (Å²) < 4.78 is 10.9. The lowest BCUT2D eigenvalue weighted by Crippen LogP contribution is -2.41. The number of aldehydes is 1. The highest BCUT2D eigenvalue weighted by Crippen LogP contribution is 2.39. The van der Waals surface area contributed by atoms with Crippen molar-refractivity contribution in [2.24, 2.45) is 11.3 Å². The Bertz CT molecular complexity index is 298. The summed E-state index contributed by atoms with van der Waals surface area (Å²) in [7, 11) is 3.47. The molecule has 4 nitrogen and oxygen atoms in total. The first-order chi connectivity index (χ1) is 9.12. The summed E-state index contributed by atoms with van der Waals surface area (Å²) in [6, 6.07) is 0. The summed E-state index contributed by atoms with van der Waals surface area (Å²) in [6.45, 7) is 4.87. The smallest absolute Gasteiger partial charge is 0.127 e. The number of carbonyl (C=O) groups is 1. The predicted molar refractivity (Wildman–Crippen MR) is 74.2 cm³/mol. The Balaban J connectivity index is 1.97. The Hall–Kier alpha value is -0.450. The highest BCUT2D eigenvalue weighted by atomic mass is 16.5. The first kappa shape index (κ1) is 14.9. The molecule has 0 aromatic rings. The van der Waals surface area contributed by atoms with Crippen LogP contribution in [0.5, 0.6) is 0 Å². The van der Waals surface area contributed by atoms with Crippen molar-refractivity contribution < 1.29 is 14.3 Å². The van der Waals surface area contributed by atoms with Gasteiger partial charge in [-0.3, -0.25) is 4.90 Å². The molecule has 2 fully saturated rings. The van der Waals surface area contributed by atoms with Gasteiger partial charge in [-0.1, -0.05) is 19.8 Å². The standard InChI is InChI=1S/C15H27NO3/c1-12-5-4-6-15(7-12,11-17)10-16-8-13(18-2)14(9-16)19-3/h11-14H,4-10H2,1-3H3. The molecule has 4 heteroatoms. The van der Waals surface area contributed by atoms with Crippen LogP contribution in [0.15, 0.2) is 0 Å². The third kappa shape index (κ3) is 3.36. The van der Waals surface area contributed by atoms with Gasteiger partial charge >= 0.3 is 0 Å². The van der Waals surface area contributed by atoms with Crippen molar-refractivity contribution in [2.45, 2.75) is 44.8 Å². The number of rotatable bonds is 5. The van der Waals surface area contributed by atoms with E-state index >= 15 is 0 Å². The normalized spacial score (nSPS) is 40.5. The third-order valence-corrected chi connectivity index (χ3v) is 4.81. The molecule has 0 spiro atoms. The van der Waals surface area contributed by atoms with Crippen molar-refractivity contribution in [3.8, 4) is 0 Å². The summed E-state index contributed by atoms with van der Waals surface area (Å²) in [5, 5.41) is 0. The van der Waals surface area contributed by atoms with Gasteiger partial charge in [0.25, 0.3) is 0 Å². The van der Waals surface area contributed by atoms with Gasteiger partial charge in [0.1, 0.15) is 6.29 Å². The van der Waals surface area contributed by atoms with Gasteiger partial charge in [0.05, 0.1) is 12.2 Å². The molecule has 1 saturated carbocycles. The van der Waals surface area contributed by atoms with Gasteiger partial charge in [-0.05, 0) is 18.8 Å². The Labute approximate surface area is 116 Å². The van der Waals surface area contributed by atoms with Crippen LogP contribution in [0.3, 0.4) is 0 Å². The minimum absolute atomic E-state index is 0.134. The highest BCUT2D eigenvalue weighted by Gasteiger charge is 2.40. The van der Waals surface area contributed by atoms with Crippen LogP contribution in [0, 0.1) is 11.3 Å². The maximum absolute atomic E-state index is 11.6. The molecule has 110 valence electrons. The SMILES string of the molecule is COC1CN(CC2(C=O)CCCC(C)C2)CC1OC. The molecule has 1 aliphatic heterocycles. The number of carbonyl (C=O) groups excluding carboxylic acids is 1. The molecule has 0 amide bonds. The van der Waals surface area contributed by atoms with E-state index in [1.54, 1.807) is 14.2 Å². The van der Waals surface area contributed by atoms with Crippen LogP contribution in [-0.4, -0.2) is 57.2 Å². The van der Waals surface area contributed by atoms with Crippen LogP contribution in [-0.2, 0) is 14.3 Å². The van der Waals surface area contributed by atoms with Crippen molar-refractivity contribution >= 4 is 6.29 Å². The summed E-state index contributed by atoms with van der Waals surface area (Å²) >= 11 is 0. The first-order valence-electron chi connectivity index (χ1n) is 7.37. The summed E-state index contributed by atoms with van der Waals surface area (Å²) in [5.74, 6) is 0.665. The summed E-state index contributed by atoms with van der Waals surface area (Å²) in [4.78, 5) is 14.0. The number of likely N-dealkylation sites (tertiary alicyclic amines) is 1. The van der Waals surface area contributed by atoms with E-state index in [0.29, 0.717) is 5.92 Å². The fourth-order valence-corrected chi connectivity index (χ4v) is 3.83. The van der Waals surface area contributed by atoms with Crippen LogP contribution in [0.25, 0.3) is 0 Å². The number of hydrogen-bond donors (Lipinski definition) is 0. The van der Waals surface area contributed by atoms with Gasteiger partial charge in [-0.2, -0.15) is 0 Å². The molecule has 0 bridgehead atoms. The van der Waals surface area contributed by atoms with E-state index in [9.17, 15) is 4.79 Å². The van der Waals surface area contributed by atoms with Crippen LogP contribution in [0.1, 0.15) is 32.6 Å². The van der Waals surface area contributed by atoms with E-state index in [1.165, 1.54) is 19.1 Å². The van der Waals surface area contributed by atoms with E-state index in [4.69, 9.17) is 9.47 Å². The number of hydrogen-bond acceptors (Lipinski definition) is 4. The molecule has 1 saturated heterocycles. The molecule has 19 heavy (non-hydrogen) atoms. The molecule has 4 unspecified atom stereocenters. The van der Waals surface area contributed by atoms with Crippen LogP contribution < -0.4 is 0 Å². The van der Waals surface area contributed by atoms with Gasteiger partial charge in [0.2, 0.25) is 0 Å². The van der Waals surface area contributed by atoms with E-state index in [-0.39, 0.29) is 17.6 Å². The fraction of sp³-hybridized carbons (Fsp3) is 0.933. The number of nitrogens with zero attached hydrogens (tertiary/aromatic N) is 1. The van der Waals surface area contributed by atoms with Crippen molar-refractivity contribution in [3.63, 3.8) is 0 Å². The Morgan fingerprint density at radius 2 is 1.89 bits per heavy atom. The van der Waals surface area contributed by atoms with Gasteiger partial charge in [0.15, 0.2) is 0 Å². The van der Waals surface area contributed by atoms with Crippen LogP contribution in [0.2, 0.25) is 0 Å². The van der Waals surface area contributed by atoms with E-state index in [2.05, 4.69) is 11.8 Å². The molecule has 4 atom stereocenters. The zero-order chi connectivity index (χ0) is 13.9. The van der Waals surface area contributed by atoms with Crippen molar-refractivity contribution in [3.05, 3.63) is 0 Å².